The summed E-state index contributed by atoms with van der Waals surface area (Å²) in [6.07, 6.45) is 7.09. The van der Waals surface area contributed by atoms with E-state index in [1.54, 1.807) is 0 Å². The van der Waals surface area contributed by atoms with Gasteiger partial charge in [0.2, 0.25) is 0 Å². The zero-order chi connectivity index (χ0) is 7.82. The predicted molar refractivity (Wildman–Crippen MR) is 43.7 cm³/mol. The van der Waals surface area contributed by atoms with E-state index < -0.39 is 0 Å². The molecule has 59 valence electrons. The molecule has 0 aromatic heterocycles. The van der Waals surface area contributed by atoms with Gasteiger partial charge >= 0.3 is 0 Å². The van der Waals surface area contributed by atoms with E-state index in [0.717, 1.165) is 6.42 Å². The van der Waals surface area contributed by atoms with E-state index in [9.17, 15) is 4.79 Å². The fourth-order valence-corrected chi connectivity index (χ4v) is 0.802. The second-order valence-corrected chi connectivity index (χ2v) is 2.52. The van der Waals surface area contributed by atoms with Crippen LogP contribution < -0.4 is 0 Å². The highest BCUT2D eigenvalue weighted by molar-refractivity contribution is 5.86. The van der Waals surface area contributed by atoms with E-state index >= 15 is 0 Å². The van der Waals surface area contributed by atoms with Crippen molar-refractivity contribution in [3.63, 3.8) is 0 Å². The van der Waals surface area contributed by atoms with Crippen LogP contribution >= 0.6 is 0 Å². The highest BCUT2D eigenvalue weighted by Crippen LogP contribution is 2.02. The van der Waals surface area contributed by atoms with Crippen LogP contribution in [-0.2, 0) is 4.79 Å². The molecular formula is C9H17O. The molecule has 1 heteroatoms. The minimum Gasteiger partial charge on any atom is -0.299 e. The molecule has 0 N–H and O–H groups in total. The number of carbonyl (C=O) groups is 1. The molecule has 0 saturated heterocycles. The lowest BCUT2D eigenvalue weighted by Crippen LogP contribution is -1.94. The third-order valence-corrected chi connectivity index (χ3v) is 1.53. The van der Waals surface area contributed by atoms with Crippen molar-refractivity contribution in [1.29, 1.82) is 0 Å². The molecule has 1 nitrogen and oxygen atoms in total. The first-order valence-electron chi connectivity index (χ1n) is 4.17. The molecule has 0 unspecified atom stereocenters. The molecule has 0 atom stereocenters. The van der Waals surface area contributed by atoms with Crippen molar-refractivity contribution in [2.45, 2.75) is 46.0 Å². The second kappa shape index (κ2) is 6.79. The minimum atomic E-state index is 0.288. The van der Waals surface area contributed by atoms with Crippen molar-refractivity contribution in [3.8, 4) is 0 Å². The summed E-state index contributed by atoms with van der Waals surface area (Å²) in [4.78, 5) is 10.7. The normalized spacial score (nSPS) is 9.80. The predicted octanol–water partition coefficient (Wildman–Crippen LogP) is 2.75. The van der Waals surface area contributed by atoms with Gasteiger partial charge in [-0.25, -0.2) is 0 Å². The number of hydrogen-bond donors (Lipinski definition) is 0. The van der Waals surface area contributed by atoms with Gasteiger partial charge in [-0.15, -0.1) is 0 Å². The topological polar surface area (TPSA) is 17.1 Å². The Balaban J connectivity index is 2.96. The number of rotatable bonds is 6. The Bertz CT molecular complexity index is 86.7. The Hall–Kier alpha value is -0.330. The van der Waals surface area contributed by atoms with Crippen molar-refractivity contribution in [2.75, 3.05) is 0 Å². The van der Waals surface area contributed by atoms with Gasteiger partial charge in [-0.3, -0.25) is 4.79 Å². The van der Waals surface area contributed by atoms with E-state index in [-0.39, 0.29) is 5.78 Å². The lowest BCUT2D eigenvalue weighted by atomic mass is 10.1. The molecule has 10 heavy (non-hydrogen) atoms. The highest BCUT2D eigenvalue weighted by atomic mass is 16.1. The van der Waals surface area contributed by atoms with Crippen molar-refractivity contribution in [3.05, 3.63) is 6.42 Å². The van der Waals surface area contributed by atoms with Gasteiger partial charge in [0, 0.05) is 12.8 Å². The van der Waals surface area contributed by atoms with Crippen molar-refractivity contribution >= 4 is 5.78 Å². The van der Waals surface area contributed by atoms with Gasteiger partial charge in [-0.2, -0.15) is 0 Å². The summed E-state index contributed by atoms with van der Waals surface area (Å²) in [5, 5.41) is 0. The van der Waals surface area contributed by atoms with Crippen LogP contribution in [0.4, 0.5) is 0 Å². The fourth-order valence-electron chi connectivity index (χ4n) is 0.802. The number of carbonyl (C=O) groups excluding carboxylic acids is 1. The number of unbranched alkanes of at least 4 members (excludes halogenated alkanes) is 3. The monoisotopic (exact) mass is 141 g/mol. The van der Waals surface area contributed by atoms with Gasteiger partial charge in [0.25, 0.3) is 0 Å². The first-order valence-corrected chi connectivity index (χ1v) is 4.17. The fraction of sp³-hybridized carbons (Fsp3) is 0.778. The summed E-state index contributed by atoms with van der Waals surface area (Å²) in [5.74, 6) is 0.288. The maximum absolute atomic E-state index is 10.7. The van der Waals surface area contributed by atoms with Gasteiger partial charge in [0.05, 0.1) is 0 Å². The van der Waals surface area contributed by atoms with Crippen LogP contribution in [0, 0.1) is 6.42 Å². The Morgan fingerprint density at radius 2 is 2.00 bits per heavy atom. The zero-order valence-corrected chi connectivity index (χ0v) is 7.02. The Kier molecular flexibility index (Phi) is 6.56. The molecule has 0 amide bonds. The average molecular weight is 141 g/mol. The standard InChI is InChI=1S/C9H17O/c1-3-5-6-7-8-9(10)4-2/h8H,3-7H2,1-2H3. The van der Waals surface area contributed by atoms with Crippen molar-refractivity contribution in [2.24, 2.45) is 0 Å². The van der Waals surface area contributed by atoms with Gasteiger partial charge < -0.3 is 0 Å². The number of Topliss-reactive ketones (excluding diaryl/α,β-unsaturated/α-hetero) is 1. The summed E-state index contributed by atoms with van der Waals surface area (Å²) >= 11 is 0. The Morgan fingerprint density at radius 3 is 2.50 bits per heavy atom. The van der Waals surface area contributed by atoms with Gasteiger partial charge in [0.15, 0.2) is 0 Å². The van der Waals surface area contributed by atoms with Crippen LogP contribution in [0.15, 0.2) is 0 Å². The summed E-state index contributed by atoms with van der Waals surface area (Å²) < 4.78 is 0. The minimum absolute atomic E-state index is 0.288. The summed E-state index contributed by atoms with van der Waals surface area (Å²) in [6, 6.07) is 0. The van der Waals surface area contributed by atoms with Crippen LogP contribution in [0.25, 0.3) is 0 Å². The van der Waals surface area contributed by atoms with E-state index in [0.29, 0.717) is 6.42 Å². The third kappa shape index (κ3) is 5.80. The molecule has 0 aliphatic carbocycles. The zero-order valence-electron chi connectivity index (χ0n) is 7.02. The summed E-state index contributed by atoms with van der Waals surface area (Å²) in [6.45, 7) is 4.07. The molecule has 1 radical (unpaired) electrons. The maximum atomic E-state index is 10.7. The van der Waals surface area contributed by atoms with Crippen LogP contribution in [0.1, 0.15) is 46.0 Å². The van der Waals surface area contributed by atoms with E-state index in [2.05, 4.69) is 6.92 Å². The maximum Gasteiger partial charge on any atom is 0.136 e. The van der Waals surface area contributed by atoms with Gasteiger partial charge in [0.1, 0.15) is 5.78 Å². The SMILES string of the molecule is CCCCC[CH]C(=O)CC. The summed E-state index contributed by atoms with van der Waals surface area (Å²) in [7, 11) is 0. The number of ketones is 1. The molecule has 0 spiro atoms. The molecule has 0 aromatic rings. The van der Waals surface area contributed by atoms with Crippen molar-refractivity contribution in [1.82, 2.24) is 0 Å². The largest absolute Gasteiger partial charge is 0.299 e. The lowest BCUT2D eigenvalue weighted by molar-refractivity contribution is -0.115. The second-order valence-electron chi connectivity index (χ2n) is 2.52. The van der Waals surface area contributed by atoms with Crippen LogP contribution in [0.2, 0.25) is 0 Å². The van der Waals surface area contributed by atoms with E-state index in [1.165, 1.54) is 19.3 Å². The first kappa shape index (κ1) is 9.67. The lowest BCUT2D eigenvalue weighted by Gasteiger charge is -1.95. The van der Waals surface area contributed by atoms with Crippen LogP contribution in [0.3, 0.4) is 0 Å². The van der Waals surface area contributed by atoms with Gasteiger partial charge in [-0.1, -0.05) is 33.1 Å². The van der Waals surface area contributed by atoms with Crippen molar-refractivity contribution < 1.29 is 4.79 Å². The average Bonchev–Trinajstić information content (AvgIpc) is 1.98. The number of hydrogen-bond acceptors (Lipinski definition) is 1. The Morgan fingerprint density at radius 1 is 1.30 bits per heavy atom. The van der Waals surface area contributed by atoms with E-state index in [1.807, 2.05) is 13.3 Å². The molecule has 0 saturated carbocycles. The quantitative estimate of drug-likeness (QED) is 0.520. The molecule has 0 aliphatic heterocycles. The van der Waals surface area contributed by atoms with Crippen LogP contribution in [0.5, 0.6) is 0 Å². The van der Waals surface area contributed by atoms with E-state index in [4.69, 9.17) is 0 Å². The first-order chi connectivity index (χ1) is 4.81. The molecular weight excluding hydrogens is 124 g/mol. The molecule has 0 bridgehead atoms. The Labute approximate surface area is 63.8 Å². The smallest absolute Gasteiger partial charge is 0.136 e. The third-order valence-electron chi connectivity index (χ3n) is 1.53. The summed E-state index contributed by atoms with van der Waals surface area (Å²) in [5.41, 5.74) is 0. The highest BCUT2D eigenvalue weighted by Gasteiger charge is 1.96. The molecule has 0 fully saturated rings. The van der Waals surface area contributed by atoms with Gasteiger partial charge in [-0.05, 0) is 6.42 Å². The van der Waals surface area contributed by atoms with Crippen LogP contribution in [-0.4, -0.2) is 5.78 Å². The molecule has 0 aliphatic rings. The molecule has 0 rings (SSSR count). The molecule has 0 aromatic carbocycles. The molecule has 0 heterocycles.